The van der Waals surface area contributed by atoms with Crippen LogP contribution in [0, 0.1) is 0 Å². The van der Waals surface area contributed by atoms with Gasteiger partial charge in [-0.25, -0.2) is 4.79 Å². The number of nitrogens with one attached hydrogen (secondary N) is 1. The van der Waals surface area contributed by atoms with Gasteiger partial charge in [0.2, 0.25) is 5.91 Å². The topological polar surface area (TPSA) is 81.0 Å². The third-order valence-corrected chi connectivity index (χ3v) is 3.35. The molecule has 0 unspecified atom stereocenters. The van der Waals surface area contributed by atoms with Gasteiger partial charge in [-0.15, -0.1) is 13.2 Å². The lowest BCUT2D eigenvalue weighted by atomic mass is 10.2. The number of likely N-dealkylation sites (N-methyl/N-ethyl adjacent to an activating group) is 1. The van der Waals surface area contributed by atoms with E-state index >= 15 is 0 Å². The summed E-state index contributed by atoms with van der Waals surface area (Å²) in [5.74, 6) is -0.970. The highest BCUT2D eigenvalue weighted by molar-refractivity contribution is 5.92. The van der Waals surface area contributed by atoms with Crippen molar-refractivity contribution < 1.29 is 36.7 Å². The molecular weight excluding hydrogens is 369 g/mol. The maximum Gasteiger partial charge on any atom is 0.573 e. The Morgan fingerprint density at radius 2 is 1.85 bits per heavy atom. The van der Waals surface area contributed by atoms with Crippen LogP contribution < -0.4 is 10.1 Å². The molecule has 2 aromatic rings. The minimum absolute atomic E-state index is 0.0396. The summed E-state index contributed by atoms with van der Waals surface area (Å²) in [4.78, 5) is 25.2. The number of amides is 1. The zero-order valence-corrected chi connectivity index (χ0v) is 14.5. The monoisotopic (exact) mass is 386 g/mol. The van der Waals surface area contributed by atoms with E-state index in [1.807, 2.05) is 0 Å². The van der Waals surface area contributed by atoms with Crippen LogP contribution in [0.25, 0.3) is 0 Å². The van der Waals surface area contributed by atoms with Crippen LogP contribution in [0.3, 0.4) is 0 Å². The molecule has 0 fully saturated rings. The lowest BCUT2D eigenvalue weighted by Gasteiger charge is -2.16. The summed E-state index contributed by atoms with van der Waals surface area (Å²) in [5.41, 5.74) is 0.584. The minimum Gasteiger partial charge on any atom is -0.467 e. The number of anilines is 1. The highest BCUT2D eigenvalue weighted by Crippen LogP contribution is 2.24. The van der Waals surface area contributed by atoms with Gasteiger partial charge in [0.25, 0.3) is 0 Å². The van der Waals surface area contributed by atoms with Gasteiger partial charge in [-0.05, 0) is 37.4 Å². The van der Waals surface area contributed by atoms with Gasteiger partial charge in [0.05, 0.1) is 26.5 Å². The van der Waals surface area contributed by atoms with Crippen molar-refractivity contribution in [2.45, 2.75) is 12.9 Å². The second kappa shape index (κ2) is 8.58. The van der Waals surface area contributed by atoms with E-state index in [0.717, 1.165) is 12.1 Å². The summed E-state index contributed by atoms with van der Waals surface area (Å²) < 4.78 is 50.0. The molecule has 0 radical (unpaired) electrons. The first-order chi connectivity index (χ1) is 12.7. The molecule has 2 rings (SSSR count). The number of hydrogen-bond acceptors (Lipinski definition) is 6. The second-order valence-corrected chi connectivity index (χ2v) is 5.54. The van der Waals surface area contributed by atoms with Crippen LogP contribution in [-0.4, -0.2) is 43.8 Å². The maximum absolute atomic E-state index is 12.1. The van der Waals surface area contributed by atoms with Crippen LogP contribution in [-0.2, 0) is 16.1 Å². The van der Waals surface area contributed by atoms with E-state index in [4.69, 9.17) is 4.42 Å². The van der Waals surface area contributed by atoms with Crippen LogP contribution in [0.1, 0.15) is 16.1 Å². The highest BCUT2D eigenvalue weighted by atomic mass is 19.4. The molecule has 1 aromatic carbocycles. The summed E-state index contributed by atoms with van der Waals surface area (Å²) in [7, 11) is 2.89. The number of halogens is 3. The summed E-state index contributed by atoms with van der Waals surface area (Å²) in [6, 6.07) is 6.25. The van der Waals surface area contributed by atoms with Gasteiger partial charge in [0, 0.05) is 5.69 Å². The number of nitrogens with zero attached hydrogens (tertiary/aromatic N) is 1. The van der Waals surface area contributed by atoms with Gasteiger partial charge in [-0.2, -0.15) is 0 Å². The number of hydrogen-bond donors (Lipinski definition) is 1. The first kappa shape index (κ1) is 20.3. The van der Waals surface area contributed by atoms with Crippen molar-refractivity contribution in [3.05, 3.63) is 47.9 Å². The number of methoxy groups -OCH3 is 1. The third-order valence-electron chi connectivity index (χ3n) is 3.35. The quantitative estimate of drug-likeness (QED) is 0.737. The fourth-order valence-corrected chi connectivity index (χ4v) is 2.24. The van der Waals surface area contributed by atoms with Gasteiger partial charge < -0.3 is 19.2 Å². The predicted octanol–water partition coefficient (Wildman–Crippen LogP) is 3.04. The van der Waals surface area contributed by atoms with Crippen molar-refractivity contribution >= 4 is 17.6 Å². The summed E-state index contributed by atoms with van der Waals surface area (Å²) in [6.07, 6.45) is -3.43. The van der Waals surface area contributed by atoms with Gasteiger partial charge >= 0.3 is 12.3 Å². The Morgan fingerprint density at radius 1 is 1.19 bits per heavy atom. The predicted molar refractivity (Wildman–Crippen MR) is 88.1 cm³/mol. The minimum atomic E-state index is -4.78. The molecule has 10 heteroatoms. The molecule has 0 aliphatic heterocycles. The highest BCUT2D eigenvalue weighted by Gasteiger charge is 2.31. The average Bonchev–Trinajstić information content (AvgIpc) is 3.02. The van der Waals surface area contributed by atoms with Gasteiger partial charge in [-0.1, -0.05) is 0 Å². The zero-order chi connectivity index (χ0) is 20.0. The Balaban J connectivity index is 1.88. The fourth-order valence-electron chi connectivity index (χ4n) is 2.24. The molecule has 27 heavy (non-hydrogen) atoms. The number of carbonyl (C=O) groups is 2. The molecule has 1 N–H and O–H groups in total. The SMILES string of the molecule is COC(=O)c1ccoc1CN(C)CC(=O)Nc1ccc(OC(F)(F)F)cc1. The van der Waals surface area contributed by atoms with Crippen molar-refractivity contribution in [2.75, 3.05) is 26.0 Å². The van der Waals surface area contributed by atoms with E-state index < -0.39 is 18.2 Å². The Labute approximate surface area is 152 Å². The molecule has 1 amide bonds. The largest absolute Gasteiger partial charge is 0.573 e. The summed E-state index contributed by atoms with van der Waals surface area (Å²) >= 11 is 0. The average molecular weight is 386 g/mol. The Kier molecular flexibility index (Phi) is 6.45. The van der Waals surface area contributed by atoms with E-state index in [0.29, 0.717) is 11.4 Å². The van der Waals surface area contributed by atoms with E-state index in [2.05, 4.69) is 14.8 Å². The molecule has 0 bridgehead atoms. The lowest BCUT2D eigenvalue weighted by molar-refractivity contribution is -0.274. The molecule has 0 saturated heterocycles. The van der Waals surface area contributed by atoms with Gasteiger partial charge in [0.15, 0.2) is 0 Å². The lowest BCUT2D eigenvalue weighted by Crippen LogP contribution is -2.30. The van der Waals surface area contributed by atoms with Gasteiger partial charge in [0.1, 0.15) is 17.1 Å². The maximum atomic E-state index is 12.1. The molecule has 1 aromatic heterocycles. The number of rotatable bonds is 7. The molecule has 0 aliphatic carbocycles. The molecule has 146 valence electrons. The van der Waals surface area contributed by atoms with E-state index in [1.54, 1.807) is 11.9 Å². The van der Waals surface area contributed by atoms with Crippen molar-refractivity contribution in [3.63, 3.8) is 0 Å². The van der Waals surface area contributed by atoms with Crippen LogP contribution in [0.15, 0.2) is 41.0 Å². The van der Waals surface area contributed by atoms with Crippen molar-refractivity contribution in [3.8, 4) is 5.75 Å². The number of furan rings is 1. The van der Waals surface area contributed by atoms with Crippen LogP contribution in [0.2, 0.25) is 0 Å². The molecule has 0 aliphatic rings. The molecule has 0 atom stereocenters. The van der Waals surface area contributed by atoms with Crippen LogP contribution in [0.4, 0.5) is 18.9 Å². The standard InChI is InChI=1S/C17H17F3N2O5/c1-22(9-14-13(7-8-26-14)16(24)25-2)10-15(23)21-11-3-5-12(6-4-11)27-17(18,19)20/h3-8H,9-10H2,1-2H3,(H,21,23). The van der Waals surface area contributed by atoms with Crippen LogP contribution in [0.5, 0.6) is 5.75 Å². The smallest absolute Gasteiger partial charge is 0.467 e. The number of benzene rings is 1. The molecular formula is C17H17F3N2O5. The summed E-state index contributed by atoms with van der Waals surface area (Å²) in [6.45, 7) is 0.144. The fraction of sp³-hybridized carbons (Fsp3) is 0.294. The number of carbonyl (C=O) groups excluding carboxylic acids is 2. The van der Waals surface area contributed by atoms with Crippen LogP contribution >= 0.6 is 0 Å². The Bertz CT molecular complexity index is 787. The summed E-state index contributed by atoms with van der Waals surface area (Å²) in [5, 5.41) is 2.55. The Hall–Kier alpha value is -3.01. The number of ether oxygens (including phenoxy) is 2. The first-order valence-electron chi connectivity index (χ1n) is 7.67. The van der Waals surface area contributed by atoms with Gasteiger partial charge in [-0.3, -0.25) is 9.69 Å². The van der Waals surface area contributed by atoms with E-state index in [9.17, 15) is 22.8 Å². The zero-order valence-electron chi connectivity index (χ0n) is 14.5. The first-order valence-corrected chi connectivity index (χ1v) is 7.67. The Morgan fingerprint density at radius 3 is 2.44 bits per heavy atom. The van der Waals surface area contributed by atoms with E-state index in [-0.39, 0.29) is 24.4 Å². The molecule has 0 saturated carbocycles. The number of alkyl halides is 3. The number of esters is 1. The third kappa shape index (κ3) is 6.33. The van der Waals surface area contributed by atoms with E-state index in [1.165, 1.54) is 31.6 Å². The molecule has 1 heterocycles. The van der Waals surface area contributed by atoms with Crippen molar-refractivity contribution in [1.82, 2.24) is 4.90 Å². The normalized spacial score (nSPS) is 11.3. The van der Waals surface area contributed by atoms with Crippen molar-refractivity contribution in [1.29, 1.82) is 0 Å². The molecule has 7 nitrogen and oxygen atoms in total. The molecule has 0 spiro atoms. The van der Waals surface area contributed by atoms with Crippen molar-refractivity contribution in [2.24, 2.45) is 0 Å². The second-order valence-electron chi connectivity index (χ2n) is 5.54.